The van der Waals surface area contributed by atoms with Crippen LogP contribution in [0.15, 0.2) is 42.7 Å². The molecule has 5 nitrogen and oxygen atoms in total. The molecule has 1 amide bonds. The summed E-state index contributed by atoms with van der Waals surface area (Å²) in [6, 6.07) is 9.47. The molecule has 3 rings (SSSR count). The summed E-state index contributed by atoms with van der Waals surface area (Å²) < 4.78 is 2.93. The second-order valence-corrected chi connectivity index (χ2v) is 5.87. The normalized spacial score (nSPS) is 10.9. The van der Waals surface area contributed by atoms with Gasteiger partial charge >= 0.3 is 0 Å². The molecule has 108 valence electrons. The molecule has 0 unspecified atom stereocenters. The van der Waals surface area contributed by atoms with Gasteiger partial charge < -0.3 is 11.1 Å². The number of nitrogen functional groups attached to an aromatic ring is 1. The zero-order valence-electron chi connectivity index (χ0n) is 11.5. The third kappa shape index (κ3) is 3.22. The molecular weight excluding hydrogens is 284 g/mol. The quantitative estimate of drug-likeness (QED) is 0.561. The Hall–Kier alpha value is -2.34. The van der Waals surface area contributed by atoms with Gasteiger partial charge in [0.05, 0.1) is 4.88 Å². The fourth-order valence-electron chi connectivity index (χ4n) is 2.14. The lowest BCUT2D eigenvalue weighted by molar-refractivity contribution is 0.0956. The molecule has 0 bridgehead atoms. The Morgan fingerprint density at radius 3 is 3.10 bits per heavy atom. The number of aromatic nitrogens is 2. The van der Waals surface area contributed by atoms with Gasteiger partial charge in [-0.1, -0.05) is 0 Å². The molecule has 0 spiro atoms. The molecule has 1 aromatic carbocycles. The van der Waals surface area contributed by atoms with Crippen LogP contribution in [0.25, 0.3) is 10.1 Å². The number of anilines is 1. The summed E-state index contributed by atoms with van der Waals surface area (Å²) in [5.74, 6) is -0.0322. The Labute approximate surface area is 126 Å². The minimum Gasteiger partial charge on any atom is -0.399 e. The highest BCUT2D eigenvalue weighted by molar-refractivity contribution is 7.20. The Kier molecular flexibility index (Phi) is 3.87. The molecule has 0 atom stereocenters. The first kappa shape index (κ1) is 13.6. The lowest BCUT2D eigenvalue weighted by Gasteiger charge is -2.03. The summed E-state index contributed by atoms with van der Waals surface area (Å²) >= 11 is 1.48. The average molecular weight is 300 g/mol. The van der Waals surface area contributed by atoms with Crippen molar-refractivity contribution in [3.05, 3.63) is 47.6 Å². The summed E-state index contributed by atoms with van der Waals surface area (Å²) in [6.07, 6.45) is 4.52. The Morgan fingerprint density at radius 2 is 2.29 bits per heavy atom. The van der Waals surface area contributed by atoms with E-state index in [1.165, 1.54) is 11.3 Å². The van der Waals surface area contributed by atoms with E-state index >= 15 is 0 Å². The molecule has 0 aliphatic heterocycles. The molecular formula is C15H16N4OS. The number of nitrogens with one attached hydrogen (secondary N) is 1. The smallest absolute Gasteiger partial charge is 0.261 e. The summed E-state index contributed by atoms with van der Waals surface area (Å²) in [5.41, 5.74) is 6.46. The third-order valence-corrected chi connectivity index (χ3v) is 4.29. The molecule has 0 saturated heterocycles. The molecule has 21 heavy (non-hydrogen) atoms. The van der Waals surface area contributed by atoms with E-state index in [1.807, 2.05) is 41.2 Å². The molecule has 3 aromatic rings. The molecule has 2 aromatic heterocycles. The van der Waals surface area contributed by atoms with Crippen LogP contribution in [0.4, 0.5) is 5.69 Å². The molecule has 2 heterocycles. The van der Waals surface area contributed by atoms with Gasteiger partial charge in [-0.05, 0) is 42.1 Å². The number of hydrogen-bond donors (Lipinski definition) is 2. The Morgan fingerprint density at radius 1 is 1.38 bits per heavy atom. The van der Waals surface area contributed by atoms with Gasteiger partial charge in [-0.3, -0.25) is 9.48 Å². The van der Waals surface area contributed by atoms with Crippen LogP contribution in [0.2, 0.25) is 0 Å². The van der Waals surface area contributed by atoms with Crippen molar-refractivity contribution in [2.45, 2.75) is 13.0 Å². The highest BCUT2D eigenvalue weighted by atomic mass is 32.1. The van der Waals surface area contributed by atoms with E-state index in [0.717, 1.165) is 27.9 Å². The first-order chi connectivity index (χ1) is 10.2. The van der Waals surface area contributed by atoms with Crippen molar-refractivity contribution in [3.8, 4) is 0 Å². The monoisotopic (exact) mass is 300 g/mol. The fourth-order valence-corrected chi connectivity index (χ4v) is 3.10. The van der Waals surface area contributed by atoms with E-state index in [-0.39, 0.29) is 5.91 Å². The predicted octanol–water partition coefficient (Wildman–Crippen LogP) is 2.50. The van der Waals surface area contributed by atoms with Crippen molar-refractivity contribution in [1.82, 2.24) is 15.1 Å². The Balaban J connectivity index is 1.56. The van der Waals surface area contributed by atoms with Gasteiger partial charge in [0.1, 0.15) is 0 Å². The summed E-state index contributed by atoms with van der Waals surface area (Å²) in [6.45, 7) is 1.44. The van der Waals surface area contributed by atoms with Crippen molar-refractivity contribution in [2.75, 3.05) is 12.3 Å². The molecule has 0 radical (unpaired) electrons. The van der Waals surface area contributed by atoms with Crippen molar-refractivity contribution >= 4 is 33.0 Å². The number of rotatable bonds is 5. The van der Waals surface area contributed by atoms with Gasteiger partial charge in [-0.2, -0.15) is 5.10 Å². The molecule has 0 aliphatic rings. The molecule has 0 saturated carbocycles. The lowest BCUT2D eigenvalue weighted by atomic mass is 10.2. The number of aryl methyl sites for hydroxylation is 1. The zero-order chi connectivity index (χ0) is 14.7. The Bertz CT molecular complexity index is 748. The van der Waals surface area contributed by atoms with E-state index in [9.17, 15) is 4.79 Å². The van der Waals surface area contributed by atoms with Crippen LogP contribution in [0.1, 0.15) is 16.1 Å². The second kappa shape index (κ2) is 5.97. The highest BCUT2D eigenvalue weighted by Crippen LogP contribution is 2.27. The maximum absolute atomic E-state index is 12.1. The number of nitrogens with two attached hydrogens (primary N) is 1. The van der Waals surface area contributed by atoms with Crippen LogP contribution in [-0.2, 0) is 6.54 Å². The van der Waals surface area contributed by atoms with E-state index in [0.29, 0.717) is 12.2 Å². The summed E-state index contributed by atoms with van der Waals surface area (Å²) in [7, 11) is 0. The van der Waals surface area contributed by atoms with Crippen LogP contribution in [0, 0.1) is 0 Å². The van der Waals surface area contributed by atoms with Crippen molar-refractivity contribution in [2.24, 2.45) is 0 Å². The van der Waals surface area contributed by atoms with E-state index < -0.39 is 0 Å². The number of benzene rings is 1. The molecule has 0 aliphatic carbocycles. The molecule has 0 fully saturated rings. The molecule has 3 N–H and O–H groups in total. The number of amides is 1. The number of thiophene rings is 1. The van der Waals surface area contributed by atoms with Gasteiger partial charge in [-0.15, -0.1) is 11.3 Å². The van der Waals surface area contributed by atoms with Crippen LogP contribution in [0.3, 0.4) is 0 Å². The molecule has 6 heteroatoms. The maximum atomic E-state index is 12.1. The van der Waals surface area contributed by atoms with Crippen LogP contribution in [0.5, 0.6) is 0 Å². The first-order valence-corrected chi connectivity index (χ1v) is 7.59. The van der Waals surface area contributed by atoms with Crippen molar-refractivity contribution < 1.29 is 4.79 Å². The third-order valence-electron chi connectivity index (χ3n) is 3.17. The second-order valence-electron chi connectivity index (χ2n) is 4.79. The first-order valence-electron chi connectivity index (χ1n) is 6.77. The summed E-state index contributed by atoms with van der Waals surface area (Å²) in [5, 5.41) is 8.07. The average Bonchev–Trinajstić information content (AvgIpc) is 3.11. The number of carbonyl (C=O) groups excluding carboxylic acids is 1. The van der Waals surface area contributed by atoms with Gasteiger partial charge in [0.2, 0.25) is 0 Å². The van der Waals surface area contributed by atoms with Crippen molar-refractivity contribution in [3.63, 3.8) is 0 Å². The number of carbonyl (C=O) groups is 1. The minimum absolute atomic E-state index is 0.0322. The van der Waals surface area contributed by atoms with Gasteiger partial charge in [0.15, 0.2) is 0 Å². The van der Waals surface area contributed by atoms with Crippen LogP contribution < -0.4 is 11.1 Å². The standard InChI is InChI=1S/C15H16N4OS/c16-12-3-4-13-11(9-12)10-14(21-13)15(20)17-5-1-7-19-8-2-6-18-19/h2-4,6,8-10H,1,5,7,16H2,(H,17,20). The van der Waals surface area contributed by atoms with Gasteiger partial charge in [-0.25, -0.2) is 0 Å². The SMILES string of the molecule is Nc1ccc2sc(C(=O)NCCCn3cccn3)cc2c1. The largest absolute Gasteiger partial charge is 0.399 e. The van der Waals surface area contributed by atoms with E-state index in [2.05, 4.69) is 10.4 Å². The number of nitrogens with zero attached hydrogens (tertiary/aromatic N) is 2. The van der Waals surface area contributed by atoms with Crippen molar-refractivity contribution in [1.29, 1.82) is 0 Å². The zero-order valence-corrected chi connectivity index (χ0v) is 12.3. The predicted molar refractivity (Wildman–Crippen MR) is 85.4 cm³/mol. The van der Waals surface area contributed by atoms with E-state index in [1.54, 1.807) is 6.20 Å². The van der Waals surface area contributed by atoms with Crippen LogP contribution >= 0.6 is 11.3 Å². The number of fused-ring (bicyclic) bond motifs is 1. The van der Waals surface area contributed by atoms with Gasteiger partial charge in [0, 0.05) is 35.9 Å². The topological polar surface area (TPSA) is 72.9 Å². The summed E-state index contributed by atoms with van der Waals surface area (Å²) in [4.78, 5) is 12.8. The highest BCUT2D eigenvalue weighted by Gasteiger charge is 2.09. The lowest BCUT2D eigenvalue weighted by Crippen LogP contribution is -2.24. The minimum atomic E-state index is -0.0322. The fraction of sp³-hybridized carbons (Fsp3) is 0.200. The maximum Gasteiger partial charge on any atom is 0.261 e. The van der Waals surface area contributed by atoms with Gasteiger partial charge in [0.25, 0.3) is 5.91 Å². The van der Waals surface area contributed by atoms with E-state index in [4.69, 9.17) is 5.73 Å². The van der Waals surface area contributed by atoms with Crippen LogP contribution in [-0.4, -0.2) is 22.2 Å². The number of hydrogen-bond acceptors (Lipinski definition) is 4.